The predicted octanol–water partition coefficient (Wildman–Crippen LogP) is 1.55. The number of nitrogens with zero attached hydrogens (tertiary/aromatic N) is 1. The van der Waals surface area contributed by atoms with Crippen molar-refractivity contribution in [1.82, 2.24) is 10.2 Å². The maximum atomic E-state index is 13.7. The summed E-state index contributed by atoms with van der Waals surface area (Å²) in [6, 6.07) is 0.600. The average Bonchev–Trinajstić information content (AvgIpc) is 2.74. The van der Waals surface area contributed by atoms with Gasteiger partial charge in [0.1, 0.15) is 12.0 Å². The van der Waals surface area contributed by atoms with E-state index in [0.29, 0.717) is 12.6 Å². The minimum Gasteiger partial charge on any atom is -0.365 e. The Morgan fingerprint density at radius 1 is 1.36 bits per heavy atom. The van der Waals surface area contributed by atoms with Crippen molar-refractivity contribution in [2.75, 3.05) is 20.2 Å². The summed E-state index contributed by atoms with van der Waals surface area (Å²) < 4.78 is 45.2. The molecular formula is C17H24F3N3O2. The lowest BCUT2D eigenvalue weighted by atomic mass is 10.0. The van der Waals surface area contributed by atoms with Crippen molar-refractivity contribution in [3.8, 4) is 0 Å². The van der Waals surface area contributed by atoms with Crippen LogP contribution in [-0.4, -0.2) is 49.3 Å². The molecular weight excluding hydrogens is 335 g/mol. The second-order valence-corrected chi connectivity index (χ2v) is 6.39. The Morgan fingerprint density at radius 2 is 2.04 bits per heavy atom. The van der Waals surface area contributed by atoms with Crippen molar-refractivity contribution in [1.29, 1.82) is 0 Å². The number of nitrogens with one attached hydrogen (secondary N) is 1. The molecule has 1 fully saturated rings. The molecule has 1 aliphatic heterocycles. The molecule has 3 N–H and O–H groups in total. The second kappa shape index (κ2) is 8.64. The summed E-state index contributed by atoms with van der Waals surface area (Å²) in [5.74, 6) is -3.42. The van der Waals surface area contributed by atoms with Gasteiger partial charge in [-0.3, -0.25) is 10.1 Å². The SMILES string of the molecule is COC1CN(C(=O)C[C@H](N)Cc2cc(F)c(F)cc2F)C(C)CCN1. The van der Waals surface area contributed by atoms with Crippen molar-refractivity contribution in [3.05, 3.63) is 35.1 Å². The predicted molar refractivity (Wildman–Crippen MR) is 87.2 cm³/mol. The highest BCUT2D eigenvalue weighted by Crippen LogP contribution is 2.17. The maximum Gasteiger partial charge on any atom is 0.224 e. The fourth-order valence-corrected chi connectivity index (χ4v) is 2.95. The molecule has 0 aliphatic carbocycles. The van der Waals surface area contributed by atoms with Gasteiger partial charge in [-0.2, -0.15) is 0 Å². The van der Waals surface area contributed by atoms with Crippen LogP contribution in [0, 0.1) is 17.5 Å². The quantitative estimate of drug-likeness (QED) is 0.783. The highest BCUT2D eigenvalue weighted by Gasteiger charge is 2.27. The van der Waals surface area contributed by atoms with Gasteiger partial charge in [0.05, 0.1) is 6.54 Å². The standard InChI is InChI=1S/C17H24F3N3O2/c1-10-3-4-22-16(25-2)9-23(10)17(24)7-12(21)5-11-6-14(19)15(20)8-13(11)18/h6,8,10,12,16,22H,3-5,7,9,21H2,1-2H3/t10?,12-,16?/m1/s1. The first-order valence-corrected chi connectivity index (χ1v) is 8.26. The molecule has 8 heteroatoms. The summed E-state index contributed by atoms with van der Waals surface area (Å²) in [6.45, 7) is 3.07. The number of hydrogen-bond donors (Lipinski definition) is 2. The third kappa shape index (κ3) is 5.17. The van der Waals surface area contributed by atoms with Crippen LogP contribution in [0.5, 0.6) is 0 Å². The third-order valence-electron chi connectivity index (χ3n) is 4.44. The van der Waals surface area contributed by atoms with Crippen molar-refractivity contribution in [2.45, 2.75) is 44.5 Å². The molecule has 1 aromatic carbocycles. The first-order valence-electron chi connectivity index (χ1n) is 8.26. The fraction of sp³-hybridized carbons (Fsp3) is 0.588. The molecule has 1 aromatic rings. The highest BCUT2D eigenvalue weighted by atomic mass is 19.2. The van der Waals surface area contributed by atoms with Gasteiger partial charge < -0.3 is 15.4 Å². The zero-order valence-electron chi connectivity index (χ0n) is 14.4. The molecule has 2 rings (SSSR count). The molecule has 1 amide bonds. The highest BCUT2D eigenvalue weighted by molar-refractivity contribution is 5.77. The van der Waals surface area contributed by atoms with E-state index in [2.05, 4.69) is 5.32 Å². The summed E-state index contributed by atoms with van der Waals surface area (Å²) in [6.07, 6.45) is 0.453. The molecule has 0 aromatic heterocycles. The first-order chi connectivity index (χ1) is 11.8. The van der Waals surface area contributed by atoms with Crippen molar-refractivity contribution >= 4 is 5.91 Å². The number of carbonyl (C=O) groups excluding carboxylic acids is 1. The van der Waals surface area contributed by atoms with E-state index in [9.17, 15) is 18.0 Å². The number of ether oxygens (including phenoxy) is 1. The first kappa shape index (κ1) is 19.7. The van der Waals surface area contributed by atoms with E-state index in [4.69, 9.17) is 10.5 Å². The van der Waals surface area contributed by atoms with Crippen LogP contribution >= 0.6 is 0 Å². The normalized spacial score (nSPS) is 22.6. The second-order valence-electron chi connectivity index (χ2n) is 6.39. The van der Waals surface area contributed by atoms with Crippen LogP contribution in [0.25, 0.3) is 0 Å². The molecule has 5 nitrogen and oxygen atoms in total. The molecule has 0 spiro atoms. The molecule has 1 aliphatic rings. The Bertz CT molecular complexity index is 615. The lowest BCUT2D eigenvalue weighted by molar-refractivity contribution is -0.135. The van der Waals surface area contributed by atoms with Crippen LogP contribution < -0.4 is 11.1 Å². The maximum absolute atomic E-state index is 13.7. The van der Waals surface area contributed by atoms with Crippen LogP contribution in [0.15, 0.2) is 12.1 Å². The Labute approximate surface area is 145 Å². The minimum atomic E-state index is -1.25. The van der Waals surface area contributed by atoms with Gasteiger partial charge >= 0.3 is 0 Å². The van der Waals surface area contributed by atoms with Gasteiger partial charge in [-0.15, -0.1) is 0 Å². The Morgan fingerprint density at radius 3 is 2.72 bits per heavy atom. The van der Waals surface area contributed by atoms with E-state index >= 15 is 0 Å². The van der Waals surface area contributed by atoms with E-state index in [-0.39, 0.29) is 36.6 Å². The van der Waals surface area contributed by atoms with Gasteiger partial charge in [0.15, 0.2) is 11.6 Å². The summed E-state index contributed by atoms with van der Waals surface area (Å²) in [5.41, 5.74) is 5.90. The topological polar surface area (TPSA) is 67.6 Å². The van der Waals surface area contributed by atoms with Crippen LogP contribution in [0.2, 0.25) is 0 Å². The van der Waals surface area contributed by atoms with E-state index < -0.39 is 23.5 Å². The van der Waals surface area contributed by atoms with Gasteiger partial charge in [0, 0.05) is 31.7 Å². The van der Waals surface area contributed by atoms with Gasteiger partial charge in [0.25, 0.3) is 0 Å². The number of methoxy groups -OCH3 is 1. The summed E-state index contributed by atoms with van der Waals surface area (Å²) in [5, 5.41) is 3.18. The number of benzene rings is 1. The van der Waals surface area contributed by atoms with E-state index in [1.165, 1.54) is 0 Å². The molecule has 1 saturated heterocycles. The van der Waals surface area contributed by atoms with Gasteiger partial charge in [-0.25, -0.2) is 13.2 Å². The Balaban J connectivity index is 2.00. The molecule has 0 radical (unpaired) electrons. The van der Waals surface area contributed by atoms with Crippen molar-refractivity contribution in [3.63, 3.8) is 0 Å². The average molecular weight is 359 g/mol. The number of amides is 1. The molecule has 0 bridgehead atoms. The van der Waals surface area contributed by atoms with Gasteiger partial charge in [-0.05, 0) is 37.9 Å². The van der Waals surface area contributed by atoms with Crippen LogP contribution in [0.4, 0.5) is 13.2 Å². The largest absolute Gasteiger partial charge is 0.365 e. The van der Waals surface area contributed by atoms with E-state index in [0.717, 1.165) is 19.0 Å². The summed E-state index contributed by atoms with van der Waals surface area (Å²) >= 11 is 0. The molecule has 0 saturated carbocycles. The molecule has 140 valence electrons. The zero-order chi connectivity index (χ0) is 18.6. The lowest BCUT2D eigenvalue weighted by Gasteiger charge is -2.29. The minimum absolute atomic E-state index is 0.0147. The number of carbonyl (C=O) groups is 1. The van der Waals surface area contributed by atoms with Crippen molar-refractivity contribution in [2.24, 2.45) is 5.73 Å². The van der Waals surface area contributed by atoms with E-state index in [1.54, 1.807) is 12.0 Å². The monoisotopic (exact) mass is 359 g/mol. The van der Waals surface area contributed by atoms with Crippen LogP contribution in [0.1, 0.15) is 25.3 Å². The van der Waals surface area contributed by atoms with Gasteiger partial charge in [-0.1, -0.05) is 0 Å². The zero-order valence-corrected chi connectivity index (χ0v) is 14.4. The number of nitrogens with two attached hydrogens (primary N) is 1. The molecule has 2 unspecified atom stereocenters. The van der Waals surface area contributed by atoms with Crippen LogP contribution in [0.3, 0.4) is 0 Å². The number of hydrogen-bond acceptors (Lipinski definition) is 4. The summed E-state index contributed by atoms with van der Waals surface area (Å²) in [4.78, 5) is 14.3. The number of rotatable bonds is 5. The molecule has 1 heterocycles. The number of halogens is 3. The van der Waals surface area contributed by atoms with Gasteiger partial charge in [0.2, 0.25) is 5.91 Å². The molecule has 25 heavy (non-hydrogen) atoms. The van der Waals surface area contributed by atoms with E-state index in [1.807, 2.05) is 6.92 Å². The molecule has 3 atom stereocenters. The third-order valence-corrected chi connectivity index (χ3v) is 4.44. The Hall–Kier alpha value is -1.64. The summed E-state index contributed by atoms with van der Waals surface area (Å²) in [7, 11) is 1.56. The smallest absolute Gasteiger partial charge is 0.224 e. The van der Waals surface area contributed by atoms with Crippen molar-refractivity contribution < 1.29 is 22.7 Å². The van der Waals surface area contributed by atoms with Crippen LogP contribution in [-0.2, 0) is 16.0 Å². The lowest BCUT2D eigenvalue weighted by Crippen LogP contribution is -2.46. The Kier molecular flexibility index (Phi) is 6.80. The fourth-order valence-electron chi connectivity index (χ4n) is 2.95.